The van der Waals surface area contributed by atoms with Crippen molar-refractivity contribution in [1.29, 1.82) is 0 Å². The van der Waals surface area contributed by atoms with E-state index in [1.165, 1.54) is 48.1 Å². The summed E-state index contributed by atoms with van der Waals surface area (Å²) in [5.74, 6) is -0.640. The highest BCUT2D eigenvalue weighted by Gasteiger charge is 2.34. The summed E-state index contributed by atoms with van der Waals surface area (Å²) in [6.45, 7) is 3.53. The van der Waals surface area contributed by atoms with E-state index in [0.29, 0.717) is 22.7 Å². The quantitative estimate of drug-likeness (QED) is 0.359. The highest BCUT2D eigenvalue weighted by atomic mass is 32.2. The molecule has 0 spiro atoms. The number of ether oxygens (including phenoxy) is 1. The van der Waals surface area contributed by atoms with Crippen molar-refractivity contribution in [3.8, 4) is 5.75 Å². The summed E-state index contributed by atoms with van der Waals surface area (Å²) in [7, 11) is -0.796. The fourth-order valence-corrected chi connectivity index (χ4v) is 5.73. The van der Waals surface area contributed by atoms with Crippen LogP contribution >= 0.6 is 0 Å². The smallest absolute Gasteiger partial charge is 0.323 e. The van der Waals surface area contributed by atoms with Crippen molar-refractivity contribution in [1.82, 2.24) is 18.8 Å². The molecule has 1 aliphatic heterocycles. The number of anilines is 2. The Hall–Kier alpha value is -4.01. The van der Waals surface area contributed by atoms with Gasteiger partial charge in [-0.15, -0.1) is 0 Å². The number of carbonyl (C=O) groups is 2. The summed E-state index contributed by atoms with van der Waals surface area (Å²) in [5, 5.41) is 15.1. The van der Waals surface area contributed by atoms with E-state index in [-0.39, 0.29) is 43.0 Å². The van der Waals surface area contributed by atoms with Gasteiger partial charge >= 0.3 is 6.03 Å². The maximum absolute atomic E-state index is 13.4. The van der Waals surface area contributed by atoms with Gasteiger partial charge in [-0.05, 0) is 49.4 Å². The van der Waals surface area contributed by atoms with Gasteiger partial charge in [-0.25, -0.2) is 22.6 Å². The lowest BCUT2D eigenvalue weighted by molar-refractivity contribution is -0.134. The minimum atomic E-state index is -3.92. The lowest BCUT2D eigenvalue weighted by atomic mass is 10.0. The summed E-state index contributed by atoms with van der Waals surface area (Å²) >= 11 is 0. The number of hydrogen-bond acceptors (Lipinski definition) is 7. The van der Waals surface area contributed by atoms with E-state index in [9.17, 15) is 27.5 Å². The number of sulfonamides is 1. The summed E-state index contributed by atoms with van der Waals surface area (Å²) in [5.41, 5.74) is 1.25. The molecule has 3 N–H and O–H groups in total. The minimum Gasteiger partial charge on any atom is -0.488 e. The van der Waals surface area contributed by atoms with Crippen LogP contribution in [0.3, 0.4) is 0 Å². The van der Waals surface area contributed by atoms with E-state index in [2.05, 4.69) is 15.6 Å². The third kappa shape index (κ3) is 7.24. The van der Waals surface area contributed by atoms with Crippen LogP contribution in [-0.2, 0) is 28.3 Å². The third-order valence-corrected chi connectivity index (χ3v) is 8.78. The van der Waals surface area contributed by atoms with Crippen LogP contribution < -0.4 is 15.4 Å². The van der Waals surface area contributed by atoms with Gasteiger partial charge in [-0.2, -0.15) is 4.31 Å². The van der Waals surface area contributed by atoms with Crippen molar-refractivity contribution in [2.75, 3.05) is 37.4 Å². The molecule has 0 aliphatic carbocycles. The molecule has 226 valence electrons. The molecule has 0 unspecified atom stereocenters. The first-order valence-electron chi connectivity index (χ1n) is 13.3. The molecule has 42 heavy (non-hydrogen) atoms. The fraction of sp³-hybridized carbons (Fsp3) is 0.393. The molecule has 2 heterocycles. The molecule has 0 radical (unpaired) electrons. The topological polar surface area (TPSA) is 146 Å². The number of benzene rings is 2. The number of aliphatic hydroxyl groups is 1. The molecule has 2 aromatic carbocycles. The average molecular weight is 603 g/mol. The molecular weight excluding hydrogens is 567 g/mol. The number of amides is 3. The number of rotatable bonds is 8. The van der Waals surface area contributed by atoms with Crippen molar-refractivity contribution in [2.45, 2.75) is 37.4 Å². The molecule has 0 saturated heterocycles. The number of hydrogen-bond donors (Lipinski definition) is 3. The summed E-state index contributed by atoms with van der Waals surface area (Å²) in [4.78, 5) is 31.5. The Morgan fingerprint density at radius 3 is 2.52 bits per heavy atom. The van der Waals surface area contributed by atoms with Gasteiger partial charge in [-0.1, -0.05) is 6.92 Å². The molecule has 3 aromatic rings. The number of fused-ring (bicyclic) bond motifs is 1. The lowest BCUT2D eigenvalue weighted by Crippen LogP contribution is -2.48. The zero-order chi connectivity index (χ0) is 30.6. The number of likely N-dealkylation sites (N-methyl/N-ethyl adjacent to an activating group) is 1. The number of nitrogens with zero attached hydrogens (tertiary/aromatic N) is 4. The van der Waals surface area contributed by atoms with E-state index in [0.717, 1.165) is 0 Å². The van der Waals surface area contributed by atoms with Crippen molar-refractivity contribution >= 4 is 33.3 Å². The molecule has 0 bridgehead atoms. The Morgan fingerprint density at radius 1 is 1.21 bits per heavy atom. The van der Waals surface area contributed by atoms with Crippen LogP contribution in [0.4, 0.5) is 20.6 Å². The number of nitrogens with one attached hydrogen (secondary N) is 2. The van der Waals surface area contributed by atoms with Crippen LogP contribution in [0.5, 0.6) is 5.75 Å². The Kier molecular flexibility index (Phi) is 9.49. The van der Waals surface area contributed by atoms with E-state index in [4.69, 9.17) is 4.74 Å². The average Bonchev–Trinajstić information content (AvgIpc) is 3.40. The van der Waals surface area contributed by atoms with Gasteiger partial charge < -0.3 is 29.9 Å². The first kappa shape index (κ1) is 30.9. The predicted octanol–water partition coefficient (Wildman–Crippen LogP) is 2.67. The second-order valence-electron chi connectivity index (χ2n) is 10.5. The second-order valence-corrected chi connectivity index (χ2v) is 12.5. The van der Waals surface area contributed by atoms with Gasteiger partial charge in [0.25, 0.3) is 10.0 Å². The number of halogens is 1. The first-order chi connectivity index (χ1) is 19.9. The van der Waals surface area contributed by atoms with Gasteiger partial charge in [0.15, 0.2) is 5.03 Å². The van der Waals surface area contributed by atoms with Crippen molar-refractivity contribution in [2.24, 2.45) is 13.0 Å². The number of aliphatic hydroxyl groups excluding tert-OH is 1. The number of carbonyl (C=O) groups excluding carboxylic acids is 2. The molecule has 1 aliphatic rings. The van der Waals surface area contributed by atoms with Crippen LogP contribution in [-0.4, -0.2) is 83.1 Å². The predicted molar refractivity (Wildman–Crippen MR) is 154 cm³/mol. The number of urea groups is 1. The highest BCUT2D eigenvalue weighted by molar-refractivity contribution is 7.89. The lowest BCUT2D eigenvalue weighted by Gasteiger charge is -2.33. The summed E-state index contributed by atoms with van der Waals surface area (Å²) in [6.07, 6.45) is 2.07. The fourth-order valence-electron chi connectivity index (χ4n) is 4.59. The minimum absolute atomic E-state index is 0.0326. The van der Waals surface area contributed by atoms with Crippen LogP contribution in [0, 0.1) is 11.7 Å². The standard InChI is InChI=1S/C28H35FN6O6S/c1-18-13-35(19(2)16-36)27(37)12-20-11-23(32-28(38)31-22-7-5-21(29)6-8-22)9-10-24(20)41-25(18)14-34(4)42(39,40)26-15-33(3)17-30-26/h5-11,15,17-19,25,36H,12-14,16H2,1-4H3,(H2,31,32,38)/t18-,19-,25-/m0/s1. The van der Waals surface area contributed by atoms with Crippen molar-refractivity contribution in [3.63, 3.8) is 0 Å². The van der Waals surface area contributed by atoms with Crippen LogP contribution in [0.1, 0.15) is 19.4 Å². The molecule has 12 nitrogen and oxygen atoms in total. The van der Waals surface area contributed by atoms with Crippen LogP contribution in [0.15, 0.2) is 60.0 Å². The number of imidazole rings is 1. The summed E-state index contributed by atoms with van der Waals surface area (Å²) in [6, 6.07) is 9.08. The monoisotopic (exact) mass is 602 g/mol. The molecule has 1 aromatic heterocycles. The van der Waals surface area contributed by atoms with E-state index in [1.807, 2.05) is 6.92 Å². The second kappa shape index (κ2) is 12.9. The number of aryl methyl sites for hydroxylation is 1. The molecular formula is C28H35FN6O6S. The van der Waals surface area contributed by atoms with Crippen molar-refractivity contribution < 1.29 is 32.2 Å². The number of aromatic nitrogens is 2. The van der Waals surface area contributed by atoms with Crippen LogP contribution in [0.25, 0.3) is 0 Å². The van der Waals surface area contributed by atoms with Crippen molar-refractivity contribution in [3.05, 3.63) is 66.4 Å². The summed E-state index contributed by atoms with van der Waals surface area (Å²) < 4.78 is 48.7. The maximum Gasteiger partial charge on any atom is 0.323 e. The molecule has 3 amide bonds. The third-order valence-electron chi connectivity index (χ3n) is 7.07. The molecule has 0 saturated carbocycles. The Balaban J connectivity index is 1.61. The first-order valence-corrected chi connectivity index (χ1v) is 14.8. The SMILES string of the molecule is C[C@H]1CN([C@@H](C)CO)C(=O)Cc2cc(NC(=O)Nc3ccc(F)cc3)ccc2O[C@H]1CN(C)S(=O)(=O)c1cn(C)cn1. The zero-order valence-corrected chi connectivity index (χ0v) is 24.6. The van der Waals surface area contributed by atoms with Gasteiger partial charge in [0.1, 0.15) is 17.7 Å². The van der Waals surface area contributed by atoms with Gasteiger partial charge in [0, 0.05) is 49.7 Å². The highest BCUT2D eigenvalue weighted by Crippen LogP contribution is 2.30. The largest absolute Gasteiger partial charge is 0.488 e. The van der Waals surface area contributed by atoms with E-state index < -0.39 is 34.0 Å². The Labute approximate surface area is 244 Å². The van der Waals surface area contributed by atoms with Gasteiger partial charge in [-0.3, -0.25) is 4.79 Å². The van der Waals surface area contributed by atoms with E-state index >= 15 is 0 Å². The normalized spacial score (nSPS) is 18.4. The Morgan fingerprint density at radius 2 is 1.88 bits per heavy atom. The van der Waals surface area contributed by atoms with E-state index in [1.54, 1.807) is 41.6 Å². The Bertz CT molecular complexity index is 1530. The maximum atomic E-state index is 13.4. The van der Waals surface area contributed by atoms with Gasteiger partial charge in [0.2, 0.25) is 5.91 Å². The van der Waals surface area contributed by atoms with Gasteiger partial charge in [0.05, 0.1) is 31.9 Å². The molecule has 4 rings (SSSR count). The zero-order valence-electron chi connectivity index (χ0n) is 23.8. The van der Waals surface area contributed by atoms with Crippen LogP contribution in [0.2, 0.25) is 0 Å². The molecule has 0 fully saturated rings. The molecule has 14 heteroatoms. The molecule has 3 atom stereocenters.